The van der Waals surface area contributed by atoms with Crippen LogP contribution in [0.25, 0.3) is 0 Å². The Kier molecular flexibility index (Phi) is 5.01. The van der Waals surface area contributed by atoms with Crippen LogP contribution in [0.15, 0.2) is 29.4 Å². The van der Waals surface area contributed by atoms with Gasteiger partial charge in [0, 0.05) is 23.8 Å². The van der Waals surface area contributed by atoms with Gasteiger partial charge in [0.2, 0.25) is 5.91 Å². The van der Waals surface area contributed by atoms with Gasteiger partial charge in [0.25, 0.3) is 0 Å². The summed E-state index contributed by atoms with van der Waals surface area (Å²) < 4.78 is 0. The second-order valence-electron chi connectivity index (χ2n) is 4.61. The first kappa shape index (κ1) is 13.4. The third-order valence-electron chi connectivity index (χ3n) is 3.12. The number of carbonyl (C=O) groups excluding carboxylic acids is 1. The normalized spacial score (nSPS) is 22.9. The summed E-state index contributed by atoms with van der Waals surface area (Å²) >= 11 is 1.51. The summed E-state index contributed by atoms with van der Waals surface area (Å²) in [6, 6.07) is 3.79. The van der Waals surface area contributed by atoms with Crippen LogP contribution in [0.5, 0.6) is 0 Å². The van der Waals surface area contributed by atoms with E-state index in [1.54, 1.807) is 12.4 Å². The van der Waals surface area contributed by atoms with Gasteiger partial charge in [0.05, 0.1) is 11.9 Å². The molecule has 1 aliphatic carbocycles. The van der Waals surface area contributed by atoms with Crippen molar-refractivity contribution < 1.29 is 9.90 Å². The monoisotopic (exact) mass is 266 g/mol. The van der Waals surface area contributed by atoms with Crippen LogP contribution in [-0.4, -0.2) is 34.4 Å². The molecule has 5 heteroatoms. The zero-order chi connectivity index (χ0) is 12.8. The number of aliphatic hydroxyl groups excluding tert-OH is 1. The highest BCUT2D eigenvalue weighted by Crippen LogP contribution is 2.24. The molecule has 1 aromatic heterocycles. The number of nitrogens with one attached hydrogen (secondary N) is 1. The third kappa shape index (κ3) is 4.31. The summed E-state index contributed by atoms with van der Waals surface area (Å²) in [5.41, 5.74) is 0. The first-order valence-electron chi connectivity index (χ1n) is 6.21. The molecule has 2 N–H and O–H groups in total. The number of rotatable bonds is 5. The maximum Gasteiger partial charge on any atom is 0.230 e. The van der Waals surface area contributed by atoms with Gasteiger partial charge >= 0.3 is 0 Å². The van der Waals surface area contributed by atoms with E-state index in [1.165, 1.54) is 11.8 Å². The maximum absolute atomic E-state index is 11.6. The molecular weight excluding hydrogens is 248 g/mol. The van der Waals surface area contributed by atoms with Crippen molar-refractivity contribution in [2.45, 2.75) is 30.3 Å². The van der Waals surface area contributed by atoms with E-state index in [-0.39, 0.29) is 12.0 Å². The molecule has 0 spiro atoms. The van der Waals surface area contributed by atoms with Gasteiger partial charge in [-0.1, -0.05) is 0 Å². The van der Waals surface area contributed by atoms with Crippen molar-refractivity contribution >= 4 is 17.7 Å². The van der Waals surface area contributed by atoms with E-state index in [1.807, 2.05) is 12.1 Å². The number of nitrogens with zero attached hydrogens (tertiary/aromatic N) is 1. The first-order chi connectivity index (χ1) is 8.74. The molecule has 18 heavy (non-hydrogen) atoms. The Labute approximate surface area is 111 Å². The fourth-order valence-corrected chi connectivity index (χ4v) is 2.84. The van der Waals surface area contributed by atoms with Gasteiger partial charge in [-0.3, -0.25) is 9.78 Å². The molecule has 2 rings (SSSR count). The highest BCUT2D eigenvalue weighted by molar-refractivity contribution is 8.00. The Balaban J connectivity index is 1.63. The first-order valence-corrected chi connectivity index (χ1v) is 7.20. The molecule has 0 aliphatic heterocycles. The van der Waals surface area contributed by atoms with Crippen molar-refractivity contribution in [3.8, 4) is 0 Å². The number of aliphatic hydroxyl groups is 1. The molecule has 2 unspecified atom stereocenters. The average molecular weight is 266 g/mol. The molecule has 1 amide bonds. The average Bonchev–Trinajstić information content (AvgIpc) is 2.81. The van der Waals surface area contributed by atoms with Crippen LogP contribution >= 0.6 is 11.8 Å². The second-order valence-corrected chi connectivity index (χ2v) is 5.66. The minimum Gasteiger partial charge on any atom is -0.393 e. The lowest BCUT2D eigenvalue weighted by Gasteiger charge is -2.10. The van der Waals surface area contributed by atoms with E-state index in [9.17, 15) is 9.90 Å². The minimum absolute atomic E-state index is 0.0539. The summed E-state index contributed by atoms with van der Waals surface area (Å²) in [5.74, 6) is 0.923. The molecule has 1 heterocycles. The van der Waals surface area contributed by atoms with E-state index < -0.39 is 0 Å². The predicted octanol–water partition coefficient (Wildman–Crippen LogP) is 1.45. The summed E-state index contributed by atoms with van der Waals surface area (Å²) in [5, 5.41) is 12.3. The largest absolute Gasteiger partial charge is 0.393 e. The minimum atomic E-state index is -0.168. The van der Waals surface area contributed by atoms with Gasteiger partial charge in [-0.2, -0.15) is 0 Å². The van der Waals surface area contributed by atoms with Gasteiger partial charge in [-0.15, -0.1) is 11.8 Å². The Bertz CT molecular complexity index is 386. The van der Waals surface area contributed by atoms with Crippen LogP contribution in [-0.2, 0) is 4.79 Å². The van der Waals surface area contributed by atoms with Gasteiger partial charge < -0.3 is 10.4 Å². The number of hydrogen-bond donors (Lipinski definition) is 2. The quantitative estimate of drug-likeness (QED) is 0.792. The van der Waals surface area contributed by atoms with E-state index in [4.69, 9.17) is 0 Å². The Morgan fingerprint density at radius 3 is 2.89 bits per heavy atom. The maximum atomic E-state index is 11.6. The van der Waals surface area contributed by atoms with E-state index in [0.717, 1.165) is 24.2 Å². The van der Waals surface area contributed by atoms with Crippen LogP contribution in [0, 0.1) is 5.92 Å². The fourth-order valence-electron chi connectivity index (χ4n) is 2.13. The molecule has 0 radical (unpaired) electrons. The van der Waals surface area contributed by atoms with Crippen molar-refractivity contribution in [3.05, 3.63) is 24.5 Å². The second kappa shape index (κ2) is 6.75. The van der Waals surface area contributed by atoms with Crippen LogP contribution in [0.4, 0.5) is 0 Å². The van der Waals surface area contributed by atoms with E-state index in [0.29, 0.717) is 18.2 Å². The Hall–Kier alpha value is -1.07. The SMILES string of the molecule is O=C(CSc1ccncc1)NCC1CCC(O)C1. The molecule has 1 aromatic rings. The van der Waals surface area contributed by atoms with Crippen molar-refractivity contribution in [2.75, 3.05) is 12.3 Å². The summed E-state index contributed by atoms with van der Waals surface area (Å²) in [7, 11) is 0. The van der Waals surface area contributed by atoms with E-state index >= 15 is 0 Å². The topological polar surface area (TPSA) is 62.2 Å². The smallest absolute Gasteiger partial charge is 0.230 e. The molecule has 2 atom stereocenters. The Morgan fingerprint density at radius 1 is 1.44 bits per heavy atom. The lowest BCUT2D eigenvalue weighted by atomic mass is 10.1. The zero-order valence-corrected chi connectivity index (χ0v) is 11.0. The molecule has 98 valence electrons. The zero-order valence-electron chi connectivity index (χ0n) is 10.2. The Morgan fingerprint density at radius 2 is 2.22 bits per heavy atom. The van der Waals surface area contributed by atoms with Gasteiger partial charge in [0.15, 0.2) is 0 Å². The van der Waals surface area contributed by atoms with Crippen molar-refractivity contribution in [3.63, 3.8) is 0 Å². The lowest BCUT2D eigenvalue weighted by Crippen LogP contribution is -2.30. The highest BCUT2D eigenvalue weighted by Gasteiger charge is 2.22. The van der Waals surface area contributed by atoms with Crippen molar-refractivity contribution in [1.29, 1.82) is 0 Å². The number of pyridine rings is 1. The van der Waals surface area contributed by atoms with Crippen molar-refractivity contribution in [1.82, 2.24) is 10.3 Å². The van der Waals surface area contributed by atoms with Crippen LogP contribution in [0.2, 0.25) is 0 Å². The standard InChI is InChI=1S/C13H18N2O2S/c16-11-2-1-10(7-11)8-15-13(17)9-18-12-3-5-14-6-4-12/h3-6,10-11,16H,1-2,7-9H2,(H,15,17). The summed E-state index contributed by atoms with van der Waals surface area (Å²) in [4.78, 5) is 16.6. The molecule has 0 aromatic carbocycles. The van der Waals surface area contributed by atoms with Gasteiger partial charge in [-0.05, 0) is 37.3 Å². The summed E-state index contributed by atoms with van der Waals surface area (Å²) in [6.07, 6.45) is 5.97. The third-order valence-corrected chi connectivity index (χ3v) is 4.13. The molecule has 1 aliphatic rings. The number of thioether (sulfide) groups is 1. The molecular formula is C13H18N2O2S. The lowest BCUT2D eigenvalue weighted by molar-refractivity contribution is -0.118. The van der Waals surface area contributed by atoms with Crippen LogP contribution in [0.1, 0.15) is 19.3 Å². The molecule has 1 fully saturated rings. The number of hydrogen-bond acceptors (Lipinski definition) is 4. The van der Waals surface area contributed by atoms with Gasteiger partial charge in [-0.25, -0.2) is 0 Å². The number of carbonyl (C=O) groups is 1. The van der Waals surface area contributed by atoms with Crippen LogP contribution in [0.3, 0.4) is 0 Å². The molecule has 4 nitrogen and oxygen atoms in total. The molecule has 0 bridgehead atoms. The predicted molar refractivity (Wildman–Crippen MR) is 71.3 cm³/mol. The summed E-state index contributed by atoms with van der Waals surface area (Å²) in [6.45, 7) is 0.687. The van der Waals surface area contributed by atoms with Crippen LogP contribution < -0.4 is 5.32 Å². The highest BCUT2D eigenvalue weighted by atomic mass is 32.2. The fraction of sp³-hybridized carbons (Fsp3) is 0.538. The number of aromatic nitrogens is 1. The van der Waals surface area contributed by atoms with E-state index in [2.05, 4.69) is 10.3 Å². The number of amides is 1. The van der Waals surface area contributed by atoms with Crippen molar-refractivity contribution in [2.24, 2.45) is 5.92 Å². The van der Waals surface area contributed by atoms with Gasteiger partial charge in [0.1, 0.15) is 0 Å². The molecule has 0 saturated heterocycles. The molecule has 1 saturated carbocycles.